The Labute approximate surface area is 106 Å². The first-order valence-electron chi connectivity index (χ1n) is 5.33. The van der Waals surface area contributed by atoms with Crippen molar-refractivity contribution in [2.24, 2.45) is 0 Å². The molecule has 1 atom stereocenters. The van der Waals surface area contributed by atoms with Crippen molar-refractivity contribution >= 4 is 23.1 Å². The van der Waals surface area contributed by atoms with Gasteiger partial charge in [-0.05, 0) is 30.2 Å². The molecule has 1 aromatic carbocycles. The van der Waals surface area contributed by atoms with Crippen molar-refractivity contribution < 1.29 is 14.6 Å². The van der Waals surface area contributed by atoms with Crippen LogP contribution in [0.1, 0.15) is 18.9 Å². The number of carbonyl (C=O) groups is 1. The van der Waals surface area contributed by atoms with Crippen molar-refractivity contribution in [3.05, 3.63) is 41.4 Å². The van der Waals surface area contributed by atoms with Gasteiger partial charge in [0.2, 0.25) is 0 Å². The Balaban J connectivity index is 2.60. The van der Waals surface area contributed by atoms with E-state index < -0.39 is 12.1 Å². The van der Waals surface area contributed by atoms with E-state index in [1.807, 2.05) is 0 Å². The maximum atomic E-state index is 11.2. The van der Waals surface area contributed by atoms with Crippen molar-refractivity contribution in [2.75, 3.05) is 6.61 Å². The monoisotopic (exact) mass is 254 g/mol. The van der Waals surface area contributed by atoms with Crippen molar-refractivity contribution in [1.82, 2.24) is 0 Å². The first-order valence-corrected chi connectivity index (χ1v) is 5.70. The molecule has 0 saturated carbocycles. The lowest BCUT2D eigenvalue weighted by Crippen LogP contribution is -2.23. The number of rotatable bonds is 5. The van der Waals surface area contributed by atoms with Crippen molar-refractivity contribution in [3.8, 4) is 0 Å². The summed E-state index contributed by atoms with van der Waals surface area (Å²) >= 11 is 5.76. The molecule has 0 fully saturated rings. The highest BCUT2D eigenvalue weighted by Gasteiger charge is 2.17. The van der Waals surface area contributed by atoms with Gasteiger partial charge in [-0.15, -0.1) is 0 Å². The Morgan fingerprint density at radius 2 is 2.06 bits per heavy atom. The molecule has 92 valence electrons. The Morgan fingerprint density at radius 3 is 2.59 bits per heavy atom. The fraction of sp³-hybridized carbons (Fsp3) is 0.308. The van der Waals surface area contributed by atoms with Crippen LogP contribution in [-0.4, -0.2) is 23.8 Å². The molecule has 1 N–H and O–H groups in total. The molecular formula is C13H15ClO3. The molecule has 1 aromatic rings. The number of halogens is 1. The SMILES string of the molecule is C=C(C[C@H](O)C(=O)OCC)c1ccc(Cl)cc1. The van der Waals surface area contributed by atoms with E-state index in [4.69, 9.17) is 16.3 Å². The predicted molar refractivity (Wildman–Crippen MR) is 67.7 cm³/mol. The topological polar surface area (TPSA) is 46.5 Å². The van der Waals surface area contributed by atoms with Gasteiger partial charge in [-0.25, -0.2) is 4.79 Å². The number of carbonyl (C=O) groups excluding carboxylic acids is 1. The third kappa shape index (κ3) is 4.21. The summed E-state index contributed by atoms with van der Waals surface area (Å²) in [5.74, 6) is -0.623. The van der Waals surface area contributed by atoms with Crippen LogP contribution in [0.3, 0.4) is 0 Å². The van der Waals surface area contributed by atoms with Crippen LogP contribution in [0, 0.1) is 0 Å². The molecular weight excluding hydrogens is 240 g/mol. The van der Waals surface area contributed by atoms with E-state index in [1.54, 1.807) is 31.2 Å². The normalized spacial score (nSPS) is 11.9. The third-order valence-corrected chi connectivity index (χ3v) is 2.50. The van der Waals surface area contributed by atoms with Crippen LogP contribution in [0.15, 0.2) is 30.8 Å². The second-order valence-electron chi connectivity index (χ2n) is 3.58. The zero-order valence-electron chi connectivity index (χ0n) is 9.65. The van der Waals surface area contributed by atoms with Crippen LogP contribution >= 0.6 is 11.6 Å². The fourth-order valence-electron chi connectivity index (χ4n) is 1.36. The largest absolute Gasteiger partial charge is 0.464 e. The molecule has 0 aliphatic carbocycles. The number of hydrogen-bond acceptors (Lipinski definition) is 3. The number of aliphatic hydroxyl groups excluding tert-OH is 1. The highest BCUT2D eigenvalue weighted by atomic mass is 35.5. The Morgan fingerprint density at radius 1 is 1.47 bits per heavy atom. The second kappa shape index (κ2) is 6.42. The first-order chi connectivity index (χ1) is 8.04. The summed E-state index contributed by atoms with van der Waals surface area (Å²) in [4.78, 5) is 11.2. The molecule has 1 rings (SSSR count). The lowest BCUT2D eigenvalue weighted by Gasteiger charge is -2.11. The minimum atomic E-state index is -1.17. The van der Waals surface area contributed by atoms with Crippen LogP contribution < -0.4 is 0 Å². The first kappa shape index (κ1) is 13.7. The summed E-state index contributed by atoms with van der Waals surface area (Å²) < 4.78 is 4.71. The van der Waals surface area contributed by atoms with E-state index in [9.17, 15) is 9.90 Å². The minimum Gasteiger partial charge on any atom is -0.464 e. The van der Waals surface area contributed by atoms with Crippen LogP contribution in [0.25, 0.3) is 5.57 Å². The highest BCUT2D eigenvalue weighted by Crippen LogP contribution is 2.20. The van der Waals surface area contributed by atoms with Gasteiger partial charge in [-0.1, -0.05) is 30.3 Å². The van der Waals surface area contributed by atoms with Crippen LogP contribution in [-0.2, 0) is 9.53 Å². The second-order valence-corrected chi connectivity index (χ2v) is 4.02. The molecule has 0 bridgehead atoms. The summed E-state index contributed by atoms with van der Waals surface area (Å²) in [7, 11) is 0. The molecule has 0 heterocycles. The van der Waals surface area contributed by atoms with Crippen molar-refractivity contribution in [2.45, 2.75) is 19.4 Å². The third-order valence-electron chi connectivity index (χ3n) is 2.25. The van der Waals surface area contributed by atoms with Gasteiger partial charge in [0.25, 0.3) is 0 Å². The number of esters is 1. The quantitative estimate of drug-likeness (QED) is 0.822. The smallest absolute Gasteiger partial charge is 0.335 e. The molecule has 0 amide bonds. The molecule has 4 heteroatoms. The molecule has 0 aliphatic rings. The summed E-state index contributed by atoms with van der Waals surface area (Å²) in [5.41, 5.74) is 1.51. The van der Waals surface area contributed by atoms with E-state index in [-0.39, 0.29) is 13.0 Å². The van der Waals surface area contributed by atoms with Gasteiger partial charge < -0.3 is 9.84 Å². The molecule has 0 saturated heterocycles. The van der Waals surface area contributed by atoms with Gasteiger partial charge in [0.1, 0.15) is 0 Å². The lowest BCUT2D eigenvalue weighted by atomic mass is 10.0. The molecule has 0 aromatic heterocycles. The average molecular weight is 255 g/mol. The Bertz CT molecular complexity index is 398. The lowest BCUT2D eigenvalue weighted by molar-refractivity contribution is -0.152. The number of benzene rings is 1. The summed E-state index contributed by atoms with van der Waals surface area (Å²) in [6.45, 7) is 5.77. The molecule has 0 spiro atoms. The van der Waals surface area contributed by atoms with Gasteiger partial charge in [-0.2, -0.15) is 0 Å². The predicted octanol–water partition coefficient (Wildman–Crippen LogP) is 2.67. The van der Waals surface area contributed by atoms with Gasteiger partial charge in [0, 0.05) is 11.4 Å². The molecule has 0 aliphatic heterocycles. The van der Waals surface area contributed by atoms with Gasteiger partial charge in [0.15, 0.2) is 6.10 Å². The van der Waals surface area contributed by atoms with Crippen LogP contribution in [0.4, 0.5) is 0 Å². The van der Waals surface area contributed by atoms with Crippen LogP contribution in [0.2, 0.25) is 5.02 Å². The van der Waals surface area contributed by atoms with Gasteiger partial charge >= 0.3 is 5.97 Å². The van der Waals surface area contributed by atoms with Crippen molar-refractivity contribution in [3.63, 3.8) is 0 Å². The van der Waals surface area contributed by atoms with Gasteiger partial charge in [0.05, 0.1) is 6.61 Å². The fourth-order valence-corrected chi connectivity index (χ4v) is 1.48. The Hall–Kier alpha value is -1.32. The maximum absolute atomic E-state index is 11.2. The van der Waals surface area contributed by atoms with E-state index in [2.05, 4.69) is 6.58 Å². The van der Waals surface area contributed by atoms with E-state index >= 15 is 0 Å². The number of hydrogen-bond donors (Lipinski definition) is 1. The standard InChI is InChI=1S/C13H15ClO3/c1-3-17-13(16)12(15)8-9(2)10-4-6-11(14)7-5-10/h4-7,12,15H,2-3,8H2,1H3/t12-/m0/s1. The van der Waals surface area contributed by atoms with E-state index in [0.29, 0.717) is 10.6 Å². The number of ether oxygens (including phenoxy) is 1. The van der Waals surface area contributed by atoms with Crippen molar-refractivity contribution in [1.29, 1.82) is 0 Å². The molecule has 0 unspecified atom stereocenters. The molecule has 3 nitrogen and oxygen atoms in total. The average Bonchev–Trinajstić information content (AvgIpc) is 2.30. The Kier molecular flexibility index (Phi) is 5.19. The minimum absolute atomic E-state index is 0.153. The van der Waals surface area contributed by atoms with Crippen LogP contribution in [0.5, 0.6) is 0 Å². The summed E-state index contributed by atoms with van der Waals surface area (Å²) in [6, 6.07) is 7.06. The summed E-state index contributed by atoms with van der Waals surface area (Å²) in [5, 5.41) is 10.2. The zero-order valence-corrected chi connectivity index (χ0v) is 10.4. The maximum Gasteiger partial charge on any atom is 0.335 e. The zero-order chi connectivity index (χ0) is 12.8. The highest BCUT2D eigenvalue weighted by molar-refractivity contribution is 6.30. The van der Waals surface area contributed by atoms with Gasteiger partial charge in [-0.3, -0.25) is 0 Å². The molecule has 0 radical (unpaired) electrons. The summed E-state index contributed by atoms with van der Waals surface area (Å²) in [6.07, 6.45) is -1.02. The molecule has 17 heavy (non-hydrogen) atoms. The van der Waals surface area contributed by atoms with E-state index in [1.165, 1.54) is 0 Å². The van der Waals surface area contributed by atoms with E-state index in [0.717, 1.165) is 5.56 Å². The number of aliphatic hydroxyl groups is 1.